The average Bonchev–Trinajstić information content (AvgIpc) is 1.86. The Balaban J connectivity index is 4.40. The summed E-state index contributed by atoms with van der Waals surface area (Å²) in [5, 5.41) is -3.88. The van der Waals surface area contributed by atoms with Crippen molar-refractivity contribution in [3.8, 4) is 0 Å². The van der Waals surface area contributed by atoms with Gasteiger partial charge in [-0.1, -0.05) is 0 Å². The third kappa shape index (κ3) is 1.73. The highest BCUT2D eigenvalue weighted by Gasteiger charge is 2.44. The Morgan fingerprint density at radius 3 is 2.10 bits per heavy atom. The van der Waals surface area contributed by atoms with E-state index in [4.69, 9.17) is 0 Å². The Bertz CT molecular complexity index is 168. The summed E-state index contributed by atoms with van der Waals surface area (Å²) in [4.78, 5) is 10.1. The van der Waals surface area contributed by atoms with Gasteiger partial charge in [-0.25, -0.2) is 4.79 Å². The van der Waals surface area contributed by atoms with E-state index in [9.17, 15) is 17.8 Å². The maximum Gasteiger partial charge on any atom is 0.415 e. The van der Waals surface area contributed by atoms with E-state index < -0.39 is 22.0 Å². The predicted molar refractivity (Wildman–Crippen MR) is 31.0 cm³/mol. The van der Waals surface area contributed by atoms with E-state index in [1.807, 2.05) is 0 Å². The van der Waals surface area contributed by atoms with Crippen LogP contribution in [-0.2, 0) is 20.3 Å². The fourth-order valence-electron chi connectivity index (χ4n) is 0.236. The molecule has 0 aliphatic rings. The standard InChI is InChI=1S/C4H6F2O3S/c1-9-3(7)4(5,6)10(2)8/h1-2H3/t10-/m1/s1. The second kappa shape index (κ2) is 3.05. The Morgan fingerprint density at radius 2 is 2.00 bits per heavy atom. The van der Waals surface area contributed by atoms with Gasteiger partial charge in [-0.15, -0.1) is 0 Å². The van der Waals surface area contributed by atoms with Gasteiger partial charge in [0.15, 0.2) is 0 Å². The van der Waals surface area contributed by atoms with E-state index in [1.54, 1.807) is 0 Å². The second-order valence-corrected chi connectivity index (χ2v) is 2.88. The molecular weight excluding hydrogens is 166 g/mol. The molecule has 10 heavy (non-hydrogen) atoms. The summed E-state index contributed by atoms with van der Waals surface area (Å²) in [6.45, 7) is 0. The molecule has 0 rings (SSSR count). The number of hydrogen-bond acceptors (Lipinski definition) is 3. The first-order valence-electron chi connectivity index (χ1n) is 2.22. The number of halogens is 2. The molecule has 0 amide bonds. The van der Waals surface area contributed by atoms with Crippen molar-refractivity contribution < 1.29 is 22.5 Å². The summed E-state index contributed by atoms with van der Waals surface area (Å²) in [6, 6.07) is 0. The minimum absolute atomic E-state index is 0.733. The summed E-state index contributed by atoms with van der Waals surface area (Å²) >= 11 is 0. The summed E-state index contributed by atoms with van der Waals surface area (Å²) < 4.78 is 38.2. The normalized spacial score (nSPS) is 14.4. The van der Waals surface area contributed by atoms with Gasteiger partial charge in [0.25, 0.3) is 0 Å². The molecule has 1 atom stereocenters. The van der Waals surface area contributed by atoms with Gasteiger partial charge in [-0.2, -0.15) is 8.78 Å². The van der Waals surface area contributed by atoms with Crippen molar-refractivity contribution in [1.82, 2.24) is 0 Å². The molecule has 60 valence electrons. The number of methoxy groups -OCH3 is 1. The van der Waals surface area contributed by atoms with Gasteiger partial charge in [0, 0.05) is 6.26 Å². The van der Waals surface area contributed by atoms with Crippen molar-refractivity contribution in [2.45, 2.75) is 5.25 Å². The van der Waals surface area contributed by atoms with Crippen LogP contribution in [0.15, 0.2) is 0 Å². The molecule has 0 aromatic carbocycles. The van der Waals surface area contributed by atoms with Gasteiger partial charge in [0.2, 0.25) is 0 Å². The van der Waals surface area contributed by atoms with Crippen molar-refractivity contribution >= 4 is 16.8 Å². The number of alkyl halides is 2. The highest BCUT2D eigenvalue weighted by Crippen LogP contribution is 2.18. The summed E-state index contributed by atoms with van der Waals surface area (Å²) in [5.74, 6) is -1.77. The lowest BCUT2D eigenvalue weighted by Gasteiger charge is -2.08. The molecule has 0 unspecified atom stereocenters. The summed E-state index contributed by atoms with van der Waals surface area (Å²) in [7, 11) is -1.71. The van der Waals surface area contributed by atoms with Crippen LogP contribution in [-0.4, -0.2) is 28.8 Å². The van der Waals surface area contributed by atoms with Gasteiger partial charge in [-0.05, 0) is 0 Å². The molecule has 0 radical (unpaired) electrons. The number of esters is 1. The van der Waals surface area contributed by atoms with Gasteiger partial charge in [0.05, 0.1) is 17.9 Å². The van der Waals surface area contributed by atoms with Crippen molar-refractivity contribution in [3.05, 3.63) is 0 Å². The first-order chi connectivity index (χ1) is 4.42. The van der Waals surface area contributed by atoms with Crippen LogP contribution >= 0.6 is 0 Å². The fraction of sp³-hybridized carbons (Fsp3) is 0.750. The lowest BCUT2D eigenvalue weighted by Crippen LogP contribution is -2.33. The number of hydrogen-bond donors (Lipinski definition) is 0. The molecule has 0 aliphatic heterocycles. The minimum atomic E-state index is -3.88. The smallest absolute Gasteiger partial charge is 0.415 e. The lowest BCUT2D eigenvalue weighted by molar-refractivity contribution is -0.157. The van der Waals surface area contributed by atoms with E-state index in [1.165, 1.54) is 0 Å². The highest BCUT2D eigenvalue weighted by molar-refractivity contribution is 7.86. The highest BCUT2D eigenvalue weighted by atomic mass is 32.2. The zero-order valence-corrected chi connectivity index (χ0v) is 6.21. The first kappa shape index (κ1) is 9.48. The van der Waals surface area contributed by atoms with E-state index >= 15 is 0 Å². The first-order valence-corrected chi connectivity index (χ1v) is 3.78. The SMILES string of the molecule is COC(=O)C(F)(F)[S@@](C)=O. The van der Waals surface area contributed by atoms with Crippen molar-refractivity contribution in [2.24, 2.45) is 0 Å². The topological polar surface area (TPSA) is 43.4 Å². The van der Waals surface area contributed by atoms with Gasteiger partial charge in [0.1, 0.15) is 0 Å². The zero-order chi connectivity index (χ0) is 8.36. The Hall–Kier alpha value is -0.520. The second-order valence-electron chi connectivity index (χ2n) is 1.46. The summed E-state index contributed by atoms with van der Waals surface area (Å²) in [6.07, 6.45) is 0.733. The molecule has 0 heterocycles. The molecule has 0 N–H and O–H groups in total. The van der Waals surface area contributed by atoms with E-state index in [0.29, 0.717) is 0 Å². The van der Waals surface area contributed by atoms with Crippen molar-refractivity contribution in [1.29, 1.82) is 0 Å². The molecule has 0 saturated carbocycles. The van der Waals surface area contributed by atoms with E-state index in [2.05, 4.69) is 4.74 Å². The predicted octanol–water partition coefficient (Wildman–Crippen LogP) is 0.131. The van der Waals surface area contributed by atoms with Crippen LogP contribution in [0, 0.1) is 0 Å². The van der Waals surface area contributed by atoms with Crippen LogP contribution in [0.25, 0.3) is 0 Å². The van der Waals surface area contributed by atoms with Gasteiger partial charge in [-0.3, -0.25) is 4.21 Å². The van der Waals surface area contributed by atoms with Crippen LogP contribution < -0.4 is 0 Å². The molecule has 0 aliphatic carbocycles. The van der Waals surface area contributed by atoms with Crippen LogP contribution in [0.1, 0.15) is 0 Å². The fourth-order valence-corrected chi connectivity index (χ4v) is 0.554. The molecule has 0 spiro atoms. The maximum atomic E-state index is 12.2. The molecule has 0 aromatic heterocycles. The maximum absolute atomic E-state index is 12.2. The zero-order valence-electron chi connectivity index (χ0n) is 5.39. The lowest BCUT2D eigenvalue weighted by atomic mass is 10.7. The molecular formula is C4H6F2O3S. The Labute approximate surface area is 58.8 Å². The number of carbonyl (C=O) groups excluding carboxylic acids is 1. The molecule has 3 nitrogen and oxygen atoms in total. The number of carbonyl (C=O) groups is 1. The molecule has 0 saturated heterocycles. The van der Waals surface area contributed by atoms with E-state index in [0.717, 1.165) is 13.4 Å². The molecule has 0 aromatic rings. The number of ether oxygens (including phenoxy) is 1. The quantitative estimate of drug-likeness (QED) is 0.556. The van der Waals surface area contributed by atoms with Crippen LogP contribution in [0.4, 0.5) is 8.78 Å². The Kier molecular flexibility index (Phi) is 2.89. The van der Waals surface area contributed by atoms with Gasteiger partial charge >= 0.3 is 11.2 Å². The van der Waals surface area contributed by atoms with Gasteiger partial charge < -0.3 is 4.74 Å². The third-order valence-electron chi connectivity index (χ3n) is 0.784. The molecule has 6 heteroatoms. The minimum Gasteiger partial charge on any atom is -0.464 e. The monoisotopic (exact) mass is 172 g/mol. The molecule has 0 bridgehead atoms. The summed E-state index contributed by atoms with van der Waals surface area (Å²) in [5.41, 5.74) is 0. The Morgan fingerprint density at radius 1 is 1.60 bits per heavy atom. The third-order valence-corrected chi connectivity index (χ3v) is 1.67. The van der Waals surface area contributed by atoms with Crippen molar-refractivity contribution in [2.75, 3.05) is 13.4 Å². The number of rotatable bonds is 2. The largest absolute Gasteiger partial charge is 0.464 e. The van der Waals surface area contributed by atoms with Crippen LogP contribution in [0.3, 0.4) is 0 Å². The van der Waals surface area contributed by atoms with Crippen LogP contribution in [0.5, 0.6) is 0 Å². The molecule has 0 fully saturated rings. The van der Waals surface area contributed by atoms with Crippen molar-refractivity contribution in [3.63, 3.8) is 0 Å². The van der Waals surface area contributed by atoms with E-state index in [-0.39, 0.29) is 0 Å². The van der Waals surface area contributed by atoms with Crippen LogP contribution in [0.2, 0.25) is 0 Å². The average molecular weight is 172 g/mol.